The van der Waals surface area contributed by atoms with Gasteiger partial charge < -0.3 is 9.90 Å². The van der Waals surface area contributed by atoms with Crippen LogP contribution in [0.1, 0.15) is 24.8 Å². The van der Waals surface area contributed by atoms with E-state index in [0.717, 1.165) is 37.8 Å². The van der Waals surface area contributed by atoms with Gasteiger partial charge in [-0.1, -0.05) is 17.7 Å². The van der Waals surface area contributed by atoms with E-state index in [4.69, 9.17) is 0 Å². The highest BCUT2D eigenvalue weighted by atomic mass is 32.2. The lowest BCUT2D eigenvalue weighted by atomic mass is 9.97. The maximum atomic E-state index is 13.0. The number of nitrogens with zero attached hydrogens (tertiary/aromatic N) is 2. The lowest BCUT2D eigenvalue weighted by molar-refractivity contribution is -0.110. The monoisotopic (exact) mass is 366 g/mol. The number of piperidine rings is 1. The first-order valence-corrected chi connectivity index (χ1v) is 10.3. The van der Waals surface area contributed by atoms with Gasteiger partial charge in [0.05, 0.1) is 10.9 Å². The summed E-state index contributed by atoms with van der Waals surface area (Å²) in [6.45, 7) is 4.06. The smallest absolute Gasteiger partial charge is 0.243 e. The summed E-state index contributed by atoms with van der Waals surface area (Å²) < 4.78 is 27.3. The summed E-state index contributed by atoms with van der Waals surface area (Å²) in [5.74, 6) is 0.242. The number of carbonyl (C=O) groups excluding carboxylic acids is 1. The van der Waals surface area contributed by atoms with Gasteiger partial charge in [-0.3, -0.25) is 4.90 Å². The zero-order valence-corrected chi connectivity index (χ0v) is 15.4. The first-order valence-electron chi connectivity index (χ1n) is 8.84. The predicted molar refractivity (Wildman–Crippen MR) is 94.7 cm³/mol. The molecule has 2 fully saturated rings. The third-order valence-electron chi connectivity index (χ3n) is 5.38. The maximum Gasteiger partial charge on any atom is 0.243 e. The molecule has 2 saturated heterocycles. The van der Waals surface area contributed by atoms with Gasteiger partial charge in [-0.2, -0.15) is 4.31 Å². The molecule has 0 aromatic heterocycles. The molecule has 2 aliphatic heterocycles. The zero-order chi connectivity index (χ0) is 18.0. The lowest BCUT2D eigenvalue weighted by Gasteiger charge is -2.36. The minimum atomic E-state index is -3.68. The van der Waals surface area contributed by atoms with Crippen LogP contribution >= 0.6 is 0 Å². The van der Waals surface area contributed by atoms with E-state index in [0.29, 0.717) is 13.0 Å². The Morgan fingerprint density at radius 3 is 2.60 bits per heavy atom. The van der Waals surface area contributed by atoms with Crippen molar-refractivity contribution in [1.29, 1.82) is 0 Å². The van der Waals surface area contributed by atoms with E-state index < -0.39 is 16.1 Å². The summed E-state index contributed by atoms with van der Waals surface area (Å²) in [6.07, 6.45) is 3.27. The Bertz CT molecular complexity index is 704. The van der Waals surface area contributed by atoms with Crippen LogP contribution in [0.5, 0.6) is 0 Å². The normalized spacial score (nSPS) is 29.0. The zero-order valence-electron chi connectivity index (χ0n) is 14.5. The molecular formula is C18H26N2O4S. The van der Waals surface area contributed by atoms with Gasteiger partial charge in [-0.15, -0.1) is 0 Å². The third-order valence-corrected chi connectivity index (χ3v) is 7.29. The second kappa shape index (κ2) is 7.53. The molecule has 1 aromatic rings. The van der Waals surface area contributed by atoms with Gasteiger partial charge in [-0.05, 0) is 50.8 Å². The van der Waals surface area contributed by atoms with Crippen molar-refractivity contribution in [2.45, 2.75) is 43.2 Å². The summed E-state index contributed by atoms with van der Waals surface area (Å²) in [5.41, 5.74) is 0.994. The third kappa shape index (κ3) is 3.79. The average molecular weight is 366 g/mol. The molecule has 1 aromatic carbocycles. The Hall–Kier alpha value is -1.28. The topological polar surface area (TPSA) is 77.9 Å². The van der Waals surface area contributed by atoms with Gasteiger partial charge >= 0.3 is 0 Å². The highest BCUT2D eigenvalue weighted by Crippen LogP contribution is 2.30. The molecule has 3 rings (SSSR count). The van der Waals surface area contributed by atoms with Gasteiger partial charge in [0, 0.05) is 25.7 Å². The van der Waals surface area contributed by atoms with Crippen LogP contribution < -0.4 is 0 Å². The average Bonchev–Trinajstić information content (AvgIpc) is 3.07. The highest BCUT2D eigenvalue weighted by molar-refractivity contribution is 7.89. The standard InChI is InChI=1S/C18H26N2O4S/c1-14-4-6-18(7-5-14)25(23,24)20-11-16(9-17(20)13-22)19-8-2-3-15(10-19)12-21/h4-7,13,15-17,21H,2-3,8-12H2,1H3/t15?,16?,17-/m1/s1. The molecule has 2 aliphatic rings. The summed E-state index contributed by atoms with van der Waals surface area (Å²) in [5, 5.41) is 9.41. The van der Waals surface area contributed by atoms with E-state index in [-0.39, 0.29) is 23.5 Å². The first-order chi connectivity index (χ1) is 12.0. The maximum absolute atomic E-state index is 13.0. The molecule has 138 valence electrons. The number of aryl methyl sites for hydroxylation is 1. The number of aliphatic hydroxyl groups excluding tert-OH is 1. The predicted octanol–water partition coefficient (Wildman–Crippen LogP) is 1.03. The van der Waals surface area contributed by atoms with E-state index in [1.807, 2.05) is 6.92 Å². The summed E-state index contributed by atoms with van der Waals surface area (Å²) in [6, 6.07) is 6.15. The number of rotatable bonds is 5. The summed E-state index contributed by atoms with van der Waals surface area (Å²) in [4.78, 5) is 14.0. The molecule has 2 heterocycles. The largest absolute Gasteiger partial charge is 0.396 e. The number of likely N-dealkylation sites (tertiary alicyclic amines) is 1. The molecule has 2 unspecified atom stereocenters. The van der Waals surface area contributed by atoms with Crippen LogP contribution in [-0.4, -0.2) is 67.3 Å². The Kier molecular flexibility index (Phi) is 5.58. The van der Waals surface area contributed by atoms with Crippen molar-refractivity contribution in [2.75, 3.05) is 26.2 Å². The number of hydrogen-bond acceptors (Lipinski definition) is 5. The number of carbonyl (C=O) groups is 1. The van der Waals surface area contributed by atoms with Crippen molar-refractivity contribution in [3.8, 4) is 0 Å². The Morgan fingerprint density at radius 1 is 1.24 bits per heavy atom. The van der Waals surface area contributed by atoms with Crippen LogP contribution in [0.4, 0.5) is 0 Å². The van der Waals surface area contributed by atoms with E-state index in [2.05, 4.69) is 4.90 Å². The van der Waals surface area contributed by atoms with Crippen molar-refractivity contribution < 1.29 is 18.3 Å². The number of hydrogen-bond donors (Lipinski definition) is 1. The molecular weight excluding hydrogens is 340 g/mol. The second-order valence-corrected chi connectivity index (χ2v) is 9.06. The van der Waals surface area contributed by atoms with Gasteiger partial charge in [0.25, 0.3) is 0 Å². The van der Waals surface area contributed by atoms with E-state index in [9.17, 15) is 18.3 Å². The fraction of sp³-hybridized carbons (Fsp3) is 0.611. The van der Waals surface area contributed by atoms with Crippen LogP contribution in [0.2, 0.25) is 0 Å². The van der Waals surface area contributed by atoms with Crippen LogP contribution in [0.15, 0.2) is 29.2 Å². The molecule has 6 nitrogen and oxygen atoms in total. The minimum absolute atomic E-state index is 0.0322. The molecule has 0 aliphatic carbocycles. The number of aliphatic hydroxyl groups is 1. The minimum Gasteiger partial charge on any atom is -0.396 e. The molecule has 0 amide bonds. The van der Waals surface area contributed by atoms with E-state index >= 15 is 0 Å². The van der Waals surface area contributed by atoms with Gasteiger partial charge in [0.2, 0.25) is 10.0 Å². The Balaban J connectivity index is 1.79. The van der Waals surface area contributed by atoms with Crippen molar-refractivity contribution >= 4 is 16.3 Å². The molecule has 25 heavy (non-hydrogen) atoms. The summed E-state index contributed by atoms with van der Waals surface area (Å²) >= 11 is 0. The van der Waals surface area contributed by atoms with Crippen molar-refractivity contribution in [3.05, 3.63) is 29.8 Å². The molecule has 3 atom stereocenters. The van der Waals surface area contributed by atoms with Gasteiger partial charge in [0.1, 0.15) is 6.29 Å². The second-order valence-electron chi connectivity index (χ2n) is 7.17. The van der Waals surface area contributed by atoms with Crippen molar-refractivity contribution in [1.82, 2.24) is 9.21 Å². The fourth-order valence-electron chi connectivity index (χ4n) is 3.90. The lowest BCUT2D eigenvalue weighted by Crippen LogP contribution is -2.45. The number of aldehydes is 1. The fourth-order valence-corrected chi connectivity index (χ4v) is 5.51. The van der Waals surface area contributed by atoms with Crippen molar-refractivity contribution in [3.63, 3.8) is 0 Å². The van der Waals surface area contributed by atoms with Crippen LogP contribution in [0.3, 0.4) is 0 Å². The molecule has 0 radical (unpaired) electrons. The molecule has 0 spiro atoms. The first kappa shape index (κ1) is 18.5. The quantitative estimate of drug-likeness (QED) is 0.788. The van der Waals surface area contributed by atoms with Gasteiger partial charge in [0.15, 0.2) is 0 Å². The highest BCUT2D eigenvalue weighted by Gasteiger charge is 2.42. The molecule has 1 N–H and O–H groups in total. The SMILES string of the molecule is Cc1ccc(S(=O)(=O)N2CC(N3CCCC(CO)C3)C[C@@H]2C=O)cc1. The van der Waals surface area contributed by atoms with Crippen LogP contribution in [0, 0.1) is 12.8 Å². The van der Waals surface area contributed by atoms with E-state index in [1.165, 1.54) is 4.31 Å². The van der Waals surface area contributed by atoms with E-state index in [1.54, 1.807) is 24.3 Å². The summed E-state index contributed by atoms with van der Waals surface area (Å²) in [7, 11) is -3.68. The Labute approximate surface area is 149 Å². The molecule has 7 heteroatoms. The molecule has 0 saturated carbocycles. The Morgan fingerprint density at radius 2 is 1.96 bits per heavy atom. The van der Waals surface area contributed by atoms with Crippen LogP contribution in [0.25, 0.3) is 0 Å². The van der Waals surface area contributed by atoms with Crippen molar-refractivity contribution in [2.24, 2.45) is 5.92 Å². The number of sulfonamides is 1. The molecule has 0 bridgehead atoms. The number of benzene rings is 1. The van der Waals surface area contributed by atoms with Gasteiger partial charge in [-0.25, -0.2) is 8.42 Å². The van der Waals surface area contributed by atoms with Crippen LogP contribution in [-0.2, 0) is 14.8 Å².